The summed E-state index contributed by atoms with van der Waals surface area (Å²) in [5.74, 6) is 0.0607. The summed E-state index contributed by atoms with van der Waals surface area (Å²) in [7, 11) is 0. The van der Waals surface area contributed by atoms with Crippen LogP contribution in [-0.2, 0) is 4.79 Å². The van der Waals surface area contributed by atoms with E-state index in [2.05, 4.69) is 5.43 Å². The van der Waals surface area contributed by atoms with Gasteiger partial charge in [0.05, 0.1) is 10.7 Å². The van der Waals surface area contributed by atoms with E-state index in [0.717, 1.165) is 5.69 Å². The highest BCUT2D eigenvalue weighted by Crippen LogP contribution is 2.26. The van der Waals surface area contributed by atoms with Crippen LogP contribution in [0.2, 0.25) is 5.02 Å². The van der Waals surface area contributed by atoms with Crippen LogP contribution < -0.4 is 10.4 Å². The van der Waals surface area contributed by atoms with Gasteiger partial charge in [0.1, 0.15) is 0 Å². The first-order valence-electron chi connectivity index (χ1n) is 4.52. The zero-order chi connectivity index (χ0) is 10.1. The van der Waals surface area contributed by atoms with Crippen LogP contribution in [0, 0.1) is 0 Å². The highest BCUT2D eigenvalue weighted by molar-refractivity contribution is 6.33. The van der Waals surface area contributed by atoms with Gasteiger partial charge in [-0.2, -0.15) is 0 Å². The third kappa shape index (κ3) is 1.61. The Labute approximate surface area is 87.6 Å². The molecule has 1 aromatic carbocycles. The maximum Gasteiger partial charge on any atom is 0.243 e. The van der Waals surface area contributed by atoms with Gasteiger partial charge in [-0.25, -0.2) is 10.4 Å². The topological polar surface area (TPSA) is 32.3 Å². The molecule has 0 radical (unpaired) electrons. The average Bonchev–Trinajstić information content (AvgIpc) is 2.46. The molecule has 4 heteroatoms. The van der Waals surface area contributed by atoms with E-state index in [9.17, 15) is 4.79 Å². The Morgan fingerprint density at radius 3 is 2.79 bits per heavy atom. The predicted molar refractivity (Wildman–Crippen MR) is 56.2 cm³/mol. The zero-order valence-corrected chi connectivity index (χ0v) is 8.58. The number of nitrogens with one attached hydrogen (secondary N) is 1. The van der Waals surface area contributed by atoms with Crippen molar-refractivity contribution in [1.82, 2.24) is 5.43 Å². The number of anilines is 1. The van der Waals surface area contributed by atoms with Crippen LogP contribution in [0.5, 0.6) is 0 Å². The van der Waals surface area contributed by atoms with Gasteiger partial charge in [-0.3, -0.25) is 4.79 Å². The Balaban J connectivity index is 2.32. The second-order valence-corrected chi connectivity index (χ2v) is 3.82. The van der Waals surface area contributed by atoms with Crippen LogP contribution in [0.25, 0.3) is 0 Å². The van der Waals surface area contributed by atoms with E-state index in [4.69, 9.17) is 11.6 Å². The normalized spacial score (nSPS) is 21.7. The number of benzene rings is 1. The predicted octanol–water partition coefficient (Wildman–Crippen LogP) is 1.97. The van der Waals surface area contributed by atoms with Crippen molar-refractivity contribution < 1.29 is 4.79 Å². The van der Waals surface area contributed by atoms with Crippen LogP contribution in [-0.4, -0.2) is 11.9 Å². The first-order valence-corrected chi connectivity index (χ1v) is 4.90. The molecule has 0 saturated carbocycles. The van der Waals surface area contributed by atoms with Crippen LogP contribution >= 0.6 is 11.6 Å². The molecule has 1 atom stereocenters. The lowest BCUT2D eigenvalue weighted by atomic mass is 10.2. The molecule has 1 fully saturated rings. The molecule has 1 aliphatic rings. The minimum atomic E-state index is 0.0607. The third-order valence-corrected chi connectivity index (χ3v) is 2.49. The maximum absolute atomic E-state index is 11.5. The first kappa shape index (κ1) is 9.49. The molecule has 1 heterocycles. The zero-order valence-electron chi connectivity index (χ0n) is 7.83. The van der Waals surface area contributed by atoms with Crippen LogP contribution in [0.1, 0.15) is 13.3 Å². The van der Waals surface area contributed by atoms with Gasteiger partial charge >= 0.3 is 0 Å². The second kappa shape index (κ2) is 3.59. The number of hydrogen-bond donors (Lipinski definition) is 1. The summed E-state index contributed by atoms with van der Waals surface area (Å²) in [5.41, 5.74) is 3.79. The number of hydrazine groups is 1. The maximum atomic E-state index is 11.5. The van der Waals surface area contributed by atoms with Crippen LogP contribution in [0.4, 0.5) is 5.69 Å². The molecule has 1 amide bonds. The lowest BCUT2D eigenvalue weighted by Gasteiger charge is -2.17. The van der Waals surface area contributed by atoms with E-state index in [1.807, 2.05) is 25.1 Å². The molecule has 3 nitrogen and oxygen atoms in total. The molecule has 0 bridgehead atoms. The number of carbonyl (C=O) groups is 1. The number of nitrogens with zero attached hydrogens (tertiary/aromatic N) is 1. The molecule has 2 rings (SSSR count). The fourth-order valence-electron chi connectivity index (χ4n) is 1.53. The Morgan fingerprint density at radius 2 is 2.21 bits per heavy atom. The molecular formula is C10H11ClN2O. The molecule has 1 saturated heterocycles. The van der Waals surface area contributed by atoms with E-state index in [0.29, 0.717) is 11.4 Å². The van der Waals surface area contributed by atoms with Gasteiger partial charge in [-0.05, 0) is 19.1 Å². The van der Waals surface area contributed by atoms with Gasteiger partial charge in [0.2, 0.25) is 5.91 Å². The lowest BCUT2D eigenvalue weighted by Crippen LogP contribution is -2.36. The van der Waals surface area contributed by atoms with Gasteiger partial charge in [0, 0.05) is 12.5 Å². The fourth-order valence-corrected chi connectivity index (χ4v) is 1.75. The van der Waals surface area contributed by atoms with Gasteiger partial charge in [0.25, 0.3) is 0 Å². The van der Waals surface area contributed by atoms with Crippen molar-refractivity contribution in [3.05, 3.63) is 29.3 Å². The quantitative estimate of drug-likeness (QED) is 0.769. The molecule has 0 spiro atoms. The van der Waals surface area contributed by atoms with Crippen LogP contribution in [0.3, 0.4) is 0 Å². The summed E-state index contributed by atoms with van der Waals surface area (Å²) < 4.78 is 0. The highest BCUT2D eigenvalue weighted by atomic mass is 35.5. The smallest absolute Gasteiger partial charge is 0.243 e. The molecule has 1 unspecified atom stereocenters. The van der Waals surface area contributed by atoms with E-state index in [1.54, 1.807) is 6.07 Å². The number of carbonyl (C=O) groups excluding carboxylic acids is 1. The summed E-state index contributed by atoms with van der Waals surface area (Å²) in [6.07, 6.45) is 0.519. The number of para-hydroxylation sites is 1. The van der Waals surface area contributed by atoms with Crippen molar-refractivity contribution in [3.63, 3.8) is 0 Å². The summed E-state index contributed by atoms with van der Waals surface area (Å²) >= 11 is 5.98. The number of hydrogen-bond acceptors (Lipinski definition) is 2. The fraction of sp³-hybridized carbons (Fsp3) is 0.300. The standard InChI is InChI=1S/C10H11ClN2O/c1-7-6-10(14)13(12-7)9-5-3-2-4-8(9)11/h2-5,7,12H,6H2,1H3. The average molecular weight is 211 g/mol. The Hall–Kier alpha value is -1.06. The van der Waals surface area contributed by atoms with Crippen molar-refractivity contribution in [2.24, 2.45) is 0 Å². The number of halogens is 1. The summed E-state index contributed by atoms with van der Waals surface area (Å²) in [5, 5.41) is 2.11. The van der Waals surface area contributed by atoms with Crippen molar-refractivity contribution in [2.45, 2.75) is 19.4 Å². The van der Waals surface area contributed by atoms with Gasteiger partial charge < -0.3 is 0 Å². The molecule has 1 aliphatic heterocycles. The van der Waals surface area contributed by atoms with E-state index >= 15 is 0 Å². The van der Waals surface area contributed by atoms with E-state index in [-0.39, 0.29) is 11.9 Å². The first-order chi connectivity index (χ1) is 6.68. The highest BCUT2D eigenvalue weighted by Gasteiger charge is 2.28. The van der Waals surface area contributed by atoms with Crippen molar-refractivity contribution >= 4 is 23.2 Å². The summed E-state index contributed by atoms with van der Waals surface area (Å²) in [6, 6.07) is 7.48. The summed E-state index contributed by atoms with van der Waals surface area (Å²) in [4.78, 5) is 11.5. The number of rotatable bonds is 1. The molecule has 1 aromatic rings. The van der Waals surface area contributed by atoms with Crippen molar-refractivity contribution in [1.29, 1.82) is 0 Å². The molecule has 0 aliphatic carbocycles. The SMILES string of the molecule is CC1CC(=O)N(c2ccccc2Cl)N1. The molecular weight excluding hydrogens is 200 g/mol. The van der Waals surface area contributed by atoms with Crippen molar-refractivity contribution in [3.8, 4) is 0 Å². The molecule has 0 aromatic heterocycles. The number of amides is 1. The minimum absolute atomic E-state index is 0.0607. The minimum Gasteiger partial charge on any atom is -0.273 e. The lowest BCUT2D eigenvalue weighted by molar-refractivity contribution is -0.117. The Bertz CT molecular complexity index is 367. The molecule has 74 valence electrons. The van der Waals surface area contributed by atoms with Gasteiger partial charge in [-0.1, -0.05) is 23.7 Å². The van der Waals surface area contributed by atoms with Crippen LogP contribution in [0.15, 0.2) is 24.3 Å². The van der Waals surface area contributed by atoms with Gasteiger partial charge in [-0.15, -0.1) is 0 Å². The molecule has 1 N–H and O–H groups in total. The largest absolute Gasteiger partial charge is 0.273 e. The van der Waals surface area contributed by atoms with Gasteiger partial charge in [0.15, 0.2) is 0 Å². The van der Waals surface area contributed by atoms with E-state index < -0.39 is 0 Å². The van der Waals surface area contributed by atoms with E-state index in [1.165, 1.54) is 5.01 Å². The Morgan fingerprint density at radius 1 is 1.50 bits per heavy atom. The summed E-state index contributed by atoms with van der Waals surface area (Å²) in [6.45, 7) is 1.97. The van der Waals surface area contributed by atoms with Crippen molar-refractivity contribution in [2.75, 3.05) is 5.01 Å². The Kier molecular flexibility index (Phi) is 2.44. The second-order valence-electron chi connectivity index (χ2n) is 3.41. The molecule has 14 heavy (non-hydrogen) atoms. The monoisotopic (exact) mass is 210 g/mol. The third-order valence-electron chi connectivity index (χ3n) is 2.17.